The van der Waals surface area contributed by atoms with Crippen LogP contribution in [0, 0.1) is 5.82 Å². The van der Waals surface area contributed by atoms with Crippen LogP contribution in [0.4, 0.5) is 8.78 Å². The van der Waals surface area contributed by atoms with E-state index in [1.807, 2.05) is 0 Å². The highest BCUT2D eigenvalue weighted by Crippen LogP contribution is 2.38. The van der Waals surface area contributed by atoms with Crippen molar-refractivity contribution in [3.8, 4) is 0 Å². The number of benzene rings is 1. The molecule has 4 heteroatoms. The first-order valence-electron chi connectivity index (χ1n) is 4.88. The first-order valence-corrected chi connectivity index (χ1v) is 5.25. The lowest BCUT2D eigenvalue weighted by atomic mass is 9.74. The van der Waals surface area contributed by atoms with Gasteiger partial charge in [-0.1, -0.05) is 23.7 Å². The second-order valence-corrected chi connectivity index (χ2v) is 4.62. The molecule has 0 heterocycles. The monoisotopic (exact) mass is 231 g/mol. The average Bonchev–Trinajstić information content (AvgIpc) is 2.11. The van der Waals surface area contributed by atoms with Crippen molar-refractivity contribution in [1.29, 1.82) is 0 Å². The van der Waals surface area contributed by atoms with Gasteiger partial charge in [-0.3, -0.25) is 0 Å². The quantitative estimate of drug-likeness (QED) is 0.832. The van der Waals surface area contributed by atoms with Crippen molar-refractivity contribution in [2.75, 3.05) is 0 Å². The summed E-state index contributed by atoms with van der Waals surface area (Å²) < 4.78 is 27.3. The van der Waals surface area contributed by atoms with E-state index in [0.717, 1.165) is 0 Å². The van der Waals surface area contributed by atoms with Gasteiger partial charge < -0.3 is 5.73 Å². The summed E-state index contributed by atoms with van der Waals surface area (Å²) in [6, 6.07) is 4.56. The van der Waals surface area contributed by atoms with E-state index in [9.17, 15) is 8.78 Å². The highest BCUT2D eigenvalue weighted by Gasteiger charge is 2.43. The Hall–Kier alpha value is -0.670. The van der Waals surface area contributed by atoms with Crippen LogP contribution >= 0.6 is 11.6 Å². The molecule has 0 atom stereocenters. The molecule has 0 saturated heterocycles. The number of alkyl halides is 1. The van der Waals surface area contributed by atoms with Crippen molar-refractivity contribution in [2.45, 2.75) is 31.0 Å². The molecule has 0 spiro atoms. The average molecular weight is 232 g/mol. The minimum Gasteiger partial charge on any atom is -0.327 e. The molecule has 0 bridgehead atoms. The summed E-state index contributed by atoms with van der Waals surface area (Å²) in [6.07, 6.45) is 0.672. The van der Waals surface area contributed by atoms with Crippen molar-refractivity contribution in [3.05, 3.63) is 34.6 Å². The number of hydrogen-bond donors (Lipinski definition) is 1. The zero-order chi connectivity index (χ0) is 11.1. The third kappa shape index (κ3) is 2.13. The number of rotatable bonds is 2. The van der Waals surface area contributed by atoms with Crippen LogP contribution in [-0.4, -0.2) is 11.7 Å². The Bertz CT molecular complexity index is 375. The van der Waals surface area contributed by atoms with E-state index in [-0.39, 0.29) is 17.5 Å². The van der Waals surface area contributed by atoms with Crippen molar-refractivity contribution in [3.63, 3.8) is 0 Å². The van der Waals surface area contributed by atoms with Gasteiger partial charge in [0.15, 0.2) is 0 Å². The van der Waals surface area contributed by atoms with E-state index in [4.69, 9.17) is 17.3 Å². The van der Waals surface area contributed by atoms with E-state index >= 15 is 0 Å². The molecule has 0 aliphatic heterocycles. The molecule has 1 aromatic rings. The van der Waals surface area contributed by atoms with Gasteiger partial charge in [-0.25, -0.2) is 8.78 Å². The van der Waals surface area contributed by atoms with Crippen molar-refractivity contribution >= 4 is 11.6 Å². The molecule has 2 N–H and O–H groups in total. The van der Waals surface area contributed by atoms with Gasteiger partial charge in [-0.15, -0.1) is 0 Å². The molecular formula is C11H12ClF2N. The highest BCUT2D eigenvalue weighted by molar-refractivity contribution is 6.30. The largest absolute Gasteiger partial charge is 0.327 e. The van der Waals surface area contributed by atoms with E-state index in [0.29, 0.717) is 18.4 Å². The second kappa shape index (κ2) is 3.72. The van der Waals surface area contributed by atoms with Crippen LogP contribution < -0.4 is 5.73 Å². The molecule has 1 fully saturated rings. The van der Waals surface area contributed by atoms with Crippen LogP contribution in [0.5, 0.6) is 0 Å². The number of nitrogens with two attached hydrogens (primary N) is 1. The fourth-order valence-corrected chi connectivity index (χ4v) is 2.24. The Morgan fingerprint density at radius 1 is 1.47 bits per heavy atom. The minimum absolute atomic E-state index is 0.0414. The molecule has 1 saturated carbocycles. The Morgan fingerprint density at radius 2 is 2.13 bits per heavy atom. The molecule has 0 radical (unpaired) electrons. The molecule has 1 aliphatic rings. The summed E-state index contributed by atoms with van der Waals surface area (Å²) in [4.78, 5) is 0. The summed E-state index contributed by atoms with van der Waals surface area (Å²) in [5, 5.41) is 0.0414. The standard InChI is InChI=1S/C11H12ClF2N/c12-9-3-1-2-7(10(9)13)4-11(14)5-8(15)6-11/h1-3,8H,4-6,15H2. The van der Waals surface area contributed by atoms with Gasteiger partial charge in [0.1, 0.15) is 11.5 Å². The van der Waals surface area contributed by atoms with E-state index in [1.54, 1.807) is 12.1 Å². The number of hydrogen-bond acceptors (Lipinski definition) is 1. The molecule has 0 unspecified atom stereocenters. The molecule has 0 aromatic heterocycles. The van der Waals surface area contributed by atoms with Gasteiger partial charge in [-0.2, -0.15) is 0 Å². The maximum absolute atomic E-state index is 13.9. The Labute approximate surface area is 92.2 Å². The molecule has 82 valence electrons. The molecule has 1 aromatic carbocycles. The SMILES string of the molecule is NC1CC(F)(Cc2cccc(Cl)c2F)C1. The summed E-state index contributed by atoms with van der Waals surface area (Å²) in [7, 11) is 0. The van der Waals surface area contributed by atoms with Crippen LogP contribution in [0.2, 0.25) is 5.02 Å². The van der Waals surface area contributed by atoms with Crippen LogP contribution in [0.3, 0.4) is 0 Å². The third-order valence-corrected chi connectivity index (χ3v) is 3.09. The third-order valence-electron chi connectivity index (χ3n) is 2.79. The van der Waals surface area contributed by atoms with E-state index in [1.165, 1.54) is 6.07 Å². The zero-order valence-electron chi connectivity index (χ0n) is 8.14. The fourth-order valence-electron chi connectivity index (χ4n) is 2.05. The summed E-state index contributed by atoms with van der Waals surface area (Å²) in [5.41, 5.74) is 4.50. The predicted molar refractivity (Wildman–Crippen MR) is 56.2 cm³/mol. The van der Waals surface area contributed by atoms with Crippen LogP contribution in [0.15, 0.2) is 18.2 Å². The number of halogens is 3. The smallest absolute Gasteiger partial charge is 0.145 e. The summed E-state index contributed by atoms with van der Waals surface area (Å²) in [5.74, 6) is -0.517. The van der Waals surface area contributed by atoms with Gasteiger partial charge in [0.2, 0.25) is 0 Å². The molecular weight excluding hydrogens is 220 g/mol. The van der Waals surface area contributed by atoms with Crippen molar-refractivity contribution in [2.24, 2.45) is 5.73 Å². The summed E-state index contributed by atoms with van der Waals surface area (Å²) >= 11 is 5.61. The van der Waals surface area contributed by atoms with Gasteiger partial charge in [0.05, 0.1) is 5.02 Å². The molecule has 0 amide bonds. The van der Waals surface area contributed by atoms with Gasteiger partial charge in [0.25, 0.3) is 0 Å². The van der Waals surface area contributed by atoms with E-state index in [2.05, 4.69) is 0 Å². The van der Waals surface area contributed by atoms with E-state index < -0.39 is 11.5 Å². The van der Waals surface area contributed by atoms with Gasteiger partial charge in [-0.05, 0) is 24.5 Å². The Morgan fingerprint density at radius 3 is 2.73 bits per heavy atom. The lowest BCUT2D eigenvalue weighted by Crippen LogP contribution is -2.49. The lowest BCUT2D eigenvalue weighted by Gasteiger charge is -2.39. The maximum Gasteiger partial charge on any atom is 0.145 e. The Balaban J connectivity index is 2.15. The maximum atomic E-state index is 13.9. The van der Waals surface area contributed by atoms with Crippen LogP contribution in [0.25, 0.3) is 0 Å². The first kappa shape index (κ1) is 10.8. The Kier molecular flexibility index (Phi) is 2.69. The minimum atomic E-state index is -1.34. The lowest BCUT2D eigenvalue weighted by molar-refractivity contribution is 0.0436. The normalized spacial score (nSPS) is 30.0. The van der Waals surface area contributed by atoms with Crippen LogP contribution in [0.1, 0.15) is 18.4 Å². The molecule has 1 aliphatic carbocycles. The topological polar surface area (TPSA) is 26.0 Å². The highest BCUT2D eigenvalue weighted by atomic mass is 35.5. The molecule has 15 heavy (non-hydrogen) atoms. The van der Waals surface area contributed by atoms with Crippen LogP contribution in [-0.2, 0) is 6.42 Å². The van der Waals surface area contributed by atoms with Crippen molar-refractivity contribution < 1.29 is 8.78 Å². The molecule has 2 rings (SSSR count). The van der Waals surface area contributed by atoms with Gasteiger partial charge >= 0.3 is 0 Å². The first-order chi connectivity index (χ1) is 7.00. The van der Waals surface area contributed by atoms with Gasteiger partial charge in [0, 0.05) is 12.5 Å². The molecule has 1 nitrogen and oxygen atoms in total. The predicted octanol–water partition coefficient (Wildman–Crippen LogP) is 2.85. The summed E-state index contributed by atoms with van der Waals surface area (Å²) in [6.45, 7) is 0. The second-order valence-electron chi connectivity index (χ2n) is 4.21. The zero-order valence-corrected chi connectivity index (χ0v) is 8.90. The fraction of sp³-hybridized carbons (Fsp3) is 0.455. The van der Waals surface area contributed by atoms with Crippen molar-refractivity contribution in [1.82, 2.24) is 0 Å².